The van der Waals surface area contributed by atoms with Crippen LogP contribution in [-0.4, -0.2) is 28.2 Å². The Morgan fingerprint density at radius 1 is 0.897 bits per heavy atom. The van der Waals surface area contributed by atoms with Crippen molar-refractivity contribution in [3.63, 3.8) is 0 Å². The fourth-order valence-corrected chi connectivity index (χ4v) is 3.05. The van der Waals surface area contributed by atoms with Crippen LogP contribution in [0, 0.1) is 13.8 Å². The first kappa shape index (κ1) is 20.3. The minimum atomic E-state index is -0.334. The highest BCUT2D eigenvalue weighted by atomic mass is 16.2. The van der Waals surface area contributed by atoms with Crippen LogP contribution in [0.1, 0.15) is 44.6 Å². The van der Waals surface area contributed by atoms with Crippen molar-refractivity contribution in [3.8, 4) is 0 Å². The summed E-state index contributed by atoms with van der Waals surface area (Å²) in [5.41, 5.74) is 4.37. The van der Waals surface area contributed by atoms with Crippen molar-refractivity contribution in [2.45, 2.75) is 27.3 Å². The Balaban J connectivity index is 1.78. The summed E-state index contributed by atoms with van der Waals surface area (Å²) in [6, 6.07) is 20.5. The third-order valence-electron chi connectivity index (χ3n) is 4.94. The first-order valence-corrected chi connectivity index (χ1v) is 9.67. The first-order chi connectivity index (χ1) is 14.0. The zero-order chi connectivity index (χ0) is 20.8. The maximum Gasteiger partial charge on any atom is 0.274 e. The van der Waals surface area contributed by atoms with Crippen molar-refractivity contribution < 1.29 is 9.59 Å². The molecule has 3 aromatic rings. The number of hydrogen-bond donors (Lipinski definition) is 1. The monoisotopic (exact) mass is 387 g/mol. The minimum Gasteiger partial charge on any atom is -0.333 e. The van der Waals surface area contributed by atoms with E-state index in [0.717, 1.165) is 22.4 Å². The lowest BCUT2D eigenvalue weighted by Crippen LogP contribution is -2.31. The lowest BCUT2D eigenvalue weighted by Gasteiger charge is -2.20. The summed E-state index contributed by atoms with van der Waals surface area (Å²) in [7, 11) is 0. The van der Waals surface area contributed by atoms with Crippen LogP contribution < -0.4 is 5.32 Å². The summed E-state index contributed by atoms with van der Waals surface area (Å²) in [4.78, 5) is 31.7. The highest BCUT2D eigenvalue weighted by Crippen LogP contribution is 2.19. The van der Waals surface area contributed by atoms with Gasteiger partial charge in [0.05, 0.1) is 0 Å². The zero-order valence-corrected chi connectivity index (χ0v) is 17.0. The van der Waals surface area contributed by atoms with Crippen LogP contribution >= 0.6 is 0 Å². The molecule has 0 saturated carbocycles. The fourth-order valence-electron chi connectivity index (χ4n) is 3.05. The summed E-state index contributed by atoms with van der Waals surface area (Å²) in [6.45, 7) is 6.93. The highest BCUT2D eigenvalue weighted by molar-refractivity contribution is 6.04. The molecule has 0 unspecified atom stereocenters. The van der Waals surface area contributed by atoms with Gasteiger partial charge in [-0.2, -0.15) is 0 Å². The second-order valence-electron chi connectivity index (χ2n) is 6.91. The Morgan fingerprint density at radius 3 is 2.31 bits per heavy atom. The van der Waals surface area contributed by atoms with Crippen LogP contribution in [-0.2, 0) is 6.54 Å². The zero-order valence-electron chi connectivity index (χ0n) is 17.0. The number of rotatable bonds is 6. The Labute approximate surface area is 171 Å². The van der Waals surface area contributed by atoms with Crippen molar-refractivity contribution in [2.24, 2.45) is 0 Å². The van der Waals surface area contributed by atoms with Crippen LogP contribution in [0.25, 0.3) is 0 Å². The van der Waals surface area contributed by atoms with E-state index in [-0.39, 0.29) is 23.2 Å². The molecule has 29 heavy (non-hydrogen) atoms. The van der Waals surface area contributed by atoms with Gasteiger partial charge in [-0.05, 0) is 55.7 Å². The summed E-state index contributed by atoms with van der Waals surface area (Å²) in [5.74, 6) is -0.530. The lowest BCUT2D eigenvalue weighted by molar-refractivity contribution is 0.0746. The fraction of sp³-hybridized carbons (Fsp3) is 0.208. The Kier molecular flexibility index (Phi) is 6.39. The van der Waals surface area contributed by atoms with Crippen molar-refractivity contribution >= 4 is 17.5 Å². The number of aryl methyl sites for hydroxylation is 1. The van der Waals surface area contributed by atoms with Crippen LogP contribution in [0.3, 0.4) is 0 Å². The smallest absolute Gasteiger partial charge is 0.274 e. The van der Waals surface area contributed by atoms with Crippen LogP contribution in [0.15, 0.2) is 66.7 Å². The number of anilines is 1. The Hall–Kier alpha value is -3.47. The Morgan fingerprint density at radius 2 is 1.59 bits per heavy atom. The number of amides is 2. The number of nitrogens with one attached hydrogen (secondary N) is 1. The molecule has 1 heterocycles. The van der Waals surface area contributed by atoms with Gasteiger partial charge in [-0.1, -0.05) is 48.5 Å². The average molecular weight is 387 g/mol. The van der Waals surface area contributed by atoms with E-state index < -0.39 is 0 Å². The quantitative estimate of drug-likeness (QED) is 0.672. The van der Waals surface area contributed by atoms with E-state index in [1.807, 2.05) is 69.3 Å². The molecule has 0 aliphatic heterocycles. The SMILES string of the molecule is CCN(Cc1ccccc1)C(=O)c1cccc(C(=O)Nc2cccc(C)c2C)n1. The number of pyridine rings is 1. The second-order valence-corrected chi connectivity index (χ2v) is 6.91. The minimum absolute atomic E-state index is 0.197. The Bertz CT molecular complexity index is 1020. The molecule has 0 radical (unpaired) electrons. The van der Waals surface area contributed by atoms with Crippen molar-refractivity contribution in [2.75, 3.05) is 11.9 Å². The molecular formula is C24H25N3O2. The van der Waals surface area contributed by atoms with E-state index >= 15 is 0 Å². The maximum absolute atomic E-state index is 12.9. The van der Waals surface area contributed by atoms with Gasteiger partial charge in [-0.15, -0.1) is 0 Å². The molecule has 0 saturated heterocycles. The van der Waals surface area contributed by atoms with E-state index in [4.69, 9.17) is 0 Å². The molecule has 5 heteroatoms. The van der Waals surface area contributed by atoms with Gasteiger partial charge in [0.15, 0.2) is 0 Å². The molecule has 0 aliphatic rings. The molecule has 0 atom stereocenters. The third kappa shape index (κ3) is 4.88. The van der Waals surface area contributed by atoms with Gasteiger partial charge in [0.25, 0.3) is 11.8 Å². The van der Waals surface area contributed by atoms with E-state index in [1.165, 1.54) is 0 Å². The van der Waals surface area contributed by atoms with Crippen molar-refractivity contribution in [1.82, 2.24) is 9.88 Å². The molecule has 0 spiro atoms. The molecule has 3 rings (SSSR count). The average Bonchev–Trinajstić information content (AvgIpc) is 2.75. The van der Waals surface area contributed by atoms with Gasteiger partial charge in [0.1, 0.15) is 11.4 Å². The van der Waals surface area contributed by atoms with Gasteiger partial charge < -0.3 is 10.2 Å². The van der Waals surface area contributed by atoms with Crippen LogP contribution in [0.4, 0.5) is 5.69 Å². The topological polar surface area (TPSA) is 62.3 Å². The van der Waals surface area contributed by atoms with Gasteiger partial charge in [0.2, 0.25) is 0 Å². The summed E-state index contributed by atoms with van der Waals surface area (Å²) < 4.78 is 0. The number of hydrogen-bond acceptors (Lipinski definition) is 3. The highest BCUT2D eigenvalue weighted by Gasteiger charge is 2.18. The maximum atomic E-state index is 12.9. The standard InChI is InChI=1S/C24H25N3O2/c1-4-27(16-19-11-6-5-7-12-19)24(29)22-15-9-14-21(25-22)23(28)26-20-13-8-10-17(2)18(20)3/h5-15H,4,16H2,1-3H3,(H,26,28). The van der Waals surface area contributed by atoms with Gasteiger partial charge in [-0.25, -0.2) is 4.98 Å². The normalized spacial score (nSPS) is 10.4. The molecule has 1 N–H and O–H groups in total. The molecule has 0 bridgehead atoms. The molecule has 1 aromatic heterocycles. The van der Waals surface area contributed by atoms with Gasteiger partial charge in [-0.3, -0.25) is 9.59 Å². The molecule has 0 aliphatic carbocycles. The molecule has 5 nitrogen and oxygen atoms in total. The van der Waals surface area contributed by atoms with E-state index in [1.54, 1.807) is 23.1 Å². The summed E-state index contributed by atoms with van der Waals surface area (Å²) in [6.07, 6.45) is 0. The molecular weight excluding hydrogens is 362 g/mol. The van der Waals surface area contributed by atoms with Gasteiger partial charge >= 0.3 is 0 Å². The van der Waals surface area contributed by atoms with Crippen molar-refractivity contribution in [3.05, 3.63) is 94.8 Å². The van der Waals surface area contributed by atoms with E-state index in [0.29, 0.717) is 13.1 Å². The van der Waals surface area contributed by atoms with E-state index in [9.17, 15) is 9.59 Å². The third-order valence-corrected chi connectivity index (χ3v) is 4.94. The number of carbonyl (C=O) groups is 2. The largest absolute Gasteiger partial charge is 0.333 e. The number of nitrogens with zero attached hydrogens (tertiary/aromatic N) is 2. The van der Waals surface area contributed by atoms with Crippen LogP contribution in [0.5, 0.6) is 0 Å². The predicted octanol–water partition coefficient (Wildman–Crippen LogP) is 4.61. The van der Waals surface area contributed by atoms with E-state index in [2.05, 4.69) is 10.3 Å². The lowest BCUT2D eigenvalue weighted by atomic mass is 10.1. The molecule has 2 amide bonds. The first-order valence-electron chi connectivity index (χ1n) is 9.67. The summed E-state index contributed by atoms with van der Waals surface area (Å²) in [5, 5.41) is 2.89. The van der Waals surface area contributed by atoms with Crippen LogP contribution in [0.2, 0.25) is 0 Å². The number of carbonyl (C=O) groups excluding carboxylic acids is 2. The summed E-state index contributed by atoms with van der Waals surface area (Å²) >= 11 is 0. The number of aromatic nitrogens is 1. The number of benzene rings is 2. The molecule has 0 fully saturated rings. The van der Waals surface area contributed by atoms with Crippen molar-refractivity contribution in [1.29, 1.82) is 0 Å². The molecule has 148 valence electrons. The molecule has 2 aromatic carbocycles. The second kappa shape index (κ2) is 9.15. The predicted molar refractivity (Wildman–Crippen MR) is 115 cm³/mol. The van der Waals surface area contributed by atoms with Gasteiger partial charge in [0, 0.05) is 18.8 Å².